The van der Waals surface area contributed by atoms with Gasteiger partial charge in [-0.05, 0) is 71.7 Å². The molecule has 4 aromatic rings. The van der Waals surface area contributed by atoms with Gasteiger partial charge in [0, 0.05) is 17.1 Å². The number of aryl methyl sites for hydroxylation is 1. The van der Waals surface area contributed by atoms with Gasteiger partial charge in [0.2, 0.25) is 0 Å². The monoisotopic (exact) mass is 456 g/mol. The number of aliphatic carboxylic acids is 1. The average molecular weight is 457 g/mol. The molecule has 0 aliphatic carbocycles. The Morgan fingerprint density at radius 2 is 1.29 bits per heavy atom. The van der Waals surface area contributed by atoms with Crippen molar-refractivity contribution >= 4 is 41.3 Å². The van der Waals surface area contributed by atoms with Crippen LogP contribution in [0.1, 0.15) is 22.3 Å². The van der Waals surface area contributed by atoms with Crippen molar-refractivity contribution in [1.82, 2.24) is 0 Å². The number of carboxylic acids is 1. The largest absolute Gasteiger partial charge is 0.477 e. The minimum absolute atomic E-state index is 0.281. The fraction of sp³-hybridized carbons (Fsp3) is 0.0323. The number of nitrogens with zero attached hydrogens (tertiary/aromatic N) is 2. The molecule has 0 fully saturated rings. The zero-order chi connectivity index (χ0) is 24.6. The normalized spacial score (nSPS) is 11.3. The van der Waals surface area contributed by atoms with Crippen LogP contribution in [0.2, 0.25) is 0 Å². The molecule has 0 saturated heterocycles. The minimum atomic E-state index is -1.22. The molecule has 35 heavy (non-hydrogen) atoms. The van der Waals surface area contributed by atoms with Gasteiger partial charge < -0.3 is 10.0 Å². The number of para-hydroxylation sites is 2. The summed E-state index contributed by atoms with van der Waals surface area (Å²) in [7, 11) is 0. The molecule has 0 saturated carbocycles. The van der Waals surface area contributed by atoms with Crippen LogP contribution < -0.4 is 4.90 Å². The zero-order valence-corrected chi connectivity index (χ0v) is 19.3. The van der Waals surface area contributed by atoms with Crippen LogP contribution in [0.5, 0.6) is 0 Å². The van der Waals surface area contributed by atoms with Crippen LogP contribution in [0.3, 0.4) is 0 Å². The molecule has 0 aliphatic heterocycles. The fourth-order valence-corrected chi connectivity index (χ4v) is 3.79. The van der Waals surface area contributed by atoms with Gasteiger partial charge >= 0.3 is 5.97 Å². The Bertz CT molecular complexity index is 1380. The smallest absolute Gasteiger partial charge is 0.346 e. The third-order valence-electron chi connectivity index (χ3n) is 5.59. The van der Waals surface area contributed by atoms with E-state index in [-0.39, 0.29) is 5.57 Å². The van der Waals surface area contributed by atoms with Gasteiger partial charge in [0.25, 0.3) is 0 Å². The lowest BCUT2D eigenvalue weighted by molar-refractivity contribution is -0.132. The summed E-state index contributed by atoms with van der Waals surface area (Å²) in [6.45, 7) is 1.90. The molecule has 0 radical (unpaired) electrons. The molecule has 0 aliphatic rings. The SMILES string of the molecule is Cc1cc(/C=C/c2ccc(N(c3ccccc3)c3ccccc3)cc2)ccc1/C=C(\C#N)C(=O)O. The van der Waals surface area contributed by atoms with Crippen molar-refractivity contribution in [3.8, 4) is 6.07 Å². The van der Waals surface area contributed by atoms with Crippen molar-refractivity contribution in [2.75, 3.05) is 4.90 Å². The summed E-state index contributed by atoms with van der Waals surface area (Å²) in [5, 5.41) is 18.1. The maximum Gasteiger partial charge on any atom is 0.346 e. The molecular formula is C31H24N2O2. The van der Waals surface area contributed by atoms with Crippen LogP contribution in [0.4, 0.5) is 17.1 Å². The summed E-state index contributed by atoms with van der Waals surface area (Å²) in [5.41, 5.74) is 6.64. The van der Waals surface area contributed by atoms with E-state index in [1.165, 1.54) is 6.08 Å². The lowest BCUT2D eigenvalue weighted by Crippen LogP contribution is -2.09. The maximum atomic E-state index is 11.1. The number of anilines is 3. The summed E-state index contributed by atoms with van der Waals surface area (Å²) in [4.78, 5) is 13.3. The van der Waals surface area contributed by atoms with Crippen LogP contribution in [-0.4, -0.2) is 11.1 Å². The van der Waals surface area contributed by atoms with E-state index in [1.54, 1.807) is 6.07 Å². The molecule has 4 nitrogen and oxygen atoms in total. The highest BCUT2D eigenvalue weighted by Crippen LogP contribution is 2.34. The first kappa shape index (κ1) is 23.3. The Morgan fingerprint density at radius 1 is 0.771 bits per heavy atom. The number of carboxylic acid groups (broad SMARTS) is 1. The highest BCUT2D eigenvalue weighted by atomic mass is 16.4. The van der Waals surface area contributed by atoms with Gasteiger partial charge in [-0.3, -0.25) is 0 Å². The molecule has 0 spiro atoms. The first-order valence-corrected chi connectivity index (χ1v) is 11.2. The van der Waals surface area contributed by atoms with E-state index in [0.29, 0.717) is 5.56 Å². The number of hydrogen-bond acceptors (Lipinski definition) is 3. The Labute approximate surface area is 205 Å². The molecule has 0 heterocycles. The Kier molecular flexibility index (Phi) is 7.20. The summed E-state index contributed by atoms with van der Waals surface area (Å²) >= 11 is 0. The highest BCUT2D eigenvalue weighted by molar-refractivity contribution is 5.96. The number of hydrogen-bond donors (Lipinski definition) is 1. The van der Waals surface area contributed by atoms with Crippen molar-refractivity contribution < 1.29 is 9.90 Å². The van der Waals surface area contributed by atoms with Gasteiger partial charge in [0.15, 0.2) is 0 Å². The molecular weight excluding hydrogens is 432 g/mol. The van der Waals surface area contributed by atoms with E-state index in [2.05, 4.69) is 53.4 Å². The predicted molar refractivity (Wildman–Crippen MR) is 142 cm³/mol. The molecule has 0 amide bonds. The average Bonchev–Trinajstić information content (AvgIpc) is 2.89. The van der Waals surface area contributed by atoms with E-state index < -0.39 is 5.97 Å². The second kappa shape index (κ2) is 10.8. The summed E-state index contributed by atoms with van der Waals surface area (Å²) < 4.78 is 0. The van der Waals surface area contributed by atoms with Crippen LogP contribution in [0, 0.1) is 18.3 Å². The van der Waals surface area contributed by atoms with Gasteiger partial charge in [-0.1, -0.05) is 78.9 Å². The minimum Gasteiger partial charge on any atom is -0.477 e. The third-order valence-corrected chi connectivity index (χ3v) is 5.59. The second-order valence-electron chi connectivity index (χ2n) is 8.02. The van der Waals surface area contributed by atoms with Crippen molar-refractivity contribution in [1.29, 1.82) is 5.26 Å². The van der Waals surface area contributed by atoms with Gasteiger partial charge in [-0.25, -0.2) is 4.79 Å². The van der Waals surface area contributed by atoms with Crippen LogP contribution >= 0.6 is 0 Å². The molecule has 0 aromatic heterocycles. The van der Waals surface area contributed by atoms with Crippen molar-refractivity contribution in [2.24, 2.45) is 0 Å². The van der Waals surface area contributed by atoms with Gasteiger partial charge in [0.05, 0.1) is 0 Å². The lowest BCUT2D eigenvalue weighted by atomic mass is 10.0. The van der Waals surface area contributed by atoms with Crippen molar-refractivity contribution in [3.63, 3.8) is 0 Å². The van der Waals surface area contributed by atoms with E-state index in [0.717, 1.165) is 33.8 Å². The van der Waals surface area contributed by atoms with Crippen LogP contribution in [-0.2, 0) is 4.79 Å². The number of rotatable bonds is 7. The topological polar surface area (TPSA) is 64.3 Å². The van der Waals surface area contributed by atoms with Crippen LogP contribution in [0.25, 0.3) is 18.2 Å². The quantitative estimate of drug-likeness (QED) is 0.176. The first-order chi connectivity index (χ1) is 17.0. The lowest BCUT2D eigenvalue weighted by Gasteiger charge is -2.25. The Balaban J connectivity index is 1.56. The van der Waals surface area contributed by atoms with Gasteiger partial charge in [0.1, 0.15) is 11.6 Å². The van der Waals surface area contributed by atoms with E-state index >= 15 is 0 Å². The summed E-state index contributed by atoms with van der Waals surface area (Å²) in [6.07, 6.45) is 5.46. The highest BCUT2D eigenvalue weighted by Gasteiger charge is 2.11. The summed E-state index contributed by atoms with van der Waals surface area (Å²) in [6, 6.07) is 36.4. The molecule has 0 bridgehead atoms. The molecule has 4 rings (SSSR count). The number of nitriles is 1. The fourth-order valence-electron chi connectivity index (χ4n) is 3.79. The zero-order valence-electron chi connectivity index (χ0n) is 19.3. The van der Waals surface area contributed by atoms with Crippen LogP contribution in [0.15, 0.2) is 109 Å². The molecule has 170 valence electrons. The van der Waals surface area contributed by atoms with Crippen molar-refractivity contribution in [3.05, 3.63) is 131 Å². The van der Waals surface area contributed by atoms with Crippen molar-refractivity contribution in [2.45, 2.75) is 6.92 Å². The molecule has 0 atom stereocenters. The standard InChI is InChI=1S/C31H24N2O2/c1-23-20-25(14-17-26(23)21-27(22-32)31(34)35)13-12-24-15-18-30(19-16-24)33(28-8-4-2-5-9-28)29-10-6-3-7-11-29/h2-21H,1H3,(H,34,35)/b13-12+,27-21+. The Morgan fingerprint density at radius 3 is 1.80 bits per heavy atom. The second-order valence-corrected chi connectivity index (χ2v) is 8.02. The molecule has 4 heteroatoms. The van der Waals surface area contributed by atoms with E-state index in [1.807, 2.05) is 73.7 Å². The van der Waals surface area contributed by atoms with Gasteiger partial charge in [-0.15, -0.1) is 0 Å². The molecule has 1 N–H and O–H groups in total. The maximum absolute atomic E-state index is 11.1. The molecule has 4 aromatic carbocycles. The number of carbonyl (C=O) groups is 1. The van der Waals surface area contributed by atoms with Gasteiger partial charge in [-0.2, -0.15) is 5.26 Å². The third kappa shape index (κ3) is 5.73. The van der Waals surface area contributed by atoms with E-state index in [4.69, 9.17) is 10.4 Å². The number of benzene rings is 4. The van der Waals surface area contributed by atoms with E-state index in [9.17, 15) is 4.79 Å². The summed E-state index contributed by atoms with van der Waals surface area (Å²) in [5.74, 6) is -1.22. The Hall–Kier alpha value is -4.88. The molecule has 0 unspecified atom stereocenters. The first-order valence-electron chi connectivity index (χ1n) is 11.2. The predicted octanol–water partition coefficient (Wildman–Crippen LogP) is 7.63.